The summed E-state index contributed by atoms with van der Waals surface area (Å²) >= 11 is 0. The molecule has 0 bridgehead atoms. The molecule has 1 aliphatic rings. The van der Waals surface area contributed by atoms with Crippen LogP contribution in [-0.4, -0.2) is 49.2 Å². The number of carbonyl (C=O) groups excluding carboxylic acids is 2. The molecule has 246 valence electrons. The van der Waals surface area contributed by atoms with Gasteiger partial charge in [-0.15, -0.1) is 0 Å². The number of carboxylic acid groups (broad SMARTS) is 1. The molecule has 11 nitrogen and oxygen atoms in total. The molecule has 0 aromatic heterocycles. The summed E-state index contributed by atoms with van der Waals surface area (Å²) in [6, 6.07) is 16.9. The summed E-state index contributed by atoms with van der Waals surface area (Å²) in [7, 11) is 4.55. The fraction of sp³-hybridized carbons (Fsp3) is 0.250. The van der Waals surface area contributed by atoms with Crippen molar-refractivity contribution in [3.63, 3.8) is 0 Å². The van der Waals surface area contributed by atoms with Gasteiger partial charge in [-0.25, -0.2) is 4.79 Å². The lowest BCUT2D eigenvalue weighted by Crippen LogP contribution is -2.44. The van der Waals surface area contributed by atoms with E-state index in [0.29, 0.717) is 45.3 Å². The molecule has 3 amide bonds. The Kier molecular flexibility index (Phi) is 10.9. The highest BCUT2D eigenvalue weighted by Crippen LogP contribution is 2.39. The normalized spacial score (nSPS) is 14.2. The summed E-state index contributed by atoms with van der Waals surface area (Å²) in [6.45, 7) is 5.18. The quantitative estimate of drug-likeness (QED) is 0.176. The molecule has 1 aliphatic heterocycles. The van der Waals surface area contributed by atoms with E-state index in [1.54, 1.807) is 53.6 Å². The Hall–Kier alpha value is -5.71. The Bertz CT molecular complexity index is 1730. The van der Waals surface area contributed by atoms with Crippen LogP contribution in [0, 0.1) is 6.92 Å². The molecule has 3 aromatic rings. The number of para-hydroxylation sites is 1. The fourth-order valence-electron chi connectivity index (χ4n) is 5.42. The van der Waals surface area contributed by atoms with E-state index < -0.39 is 23.6 Å². The summed E-state index contributed by atoms with van der Waals surface area (Å²) < 4.78 is 16.5. The molecule has 3 aromatic carbocycles. The predicted molar refractivity (Wildman–Crippen MR) is 181 cm³/mol. The molecular weight excluding hydrogens is 600 g/mol. The van der Waals surface area contributed by atoms with Crippen molar-refractivity contribution in [3.8, 4) is 17.2 Å². The second kappa shape index (κ2) is 15.0. The zero-order valence-corrected chi connectivity index (χ0v) is 27.3. The van der Waals surface area contributed by atoms with Gasteiger partial charge in [-0.05, 0) is 72.5 Å². The lowest BCUT2D eigenvalue weighted by molar-refractivity contribution is -0.138. The molecule has 0 saturated heterocycles. The third kappa shape index (κ3) is 8.12. The zero-order chi connectivity index (χ0) is 34.1. The number of allylic oxidation sites excluding steroid dienone is 2. The lowest BCUT2D eigenvalue weighted by atomic mass is 9.83. The summed E-state index contributed by atoms with van der Waals surface area (Å²) in [4.78, 5) is 39.4. The van der Waals surface area contributed by atoms with Crippen LogP contribution in [0.1, 0.15) is 43.0 Å². The van der Waals surface area contributed by atoms with Gasteiger partial charge in [0.05, 0.1) is 45.0 Å². The van der Waals surface area contributed by atoms with Gasteiger partial charge in [0.25, 0.3) is 0 Å². The number of nitrogens with zero attached hydrogens (tertiary/aromatic N) is 1. The number of carbonyl (C=O) groups is 3. The average Bonchev–Trinajstić information content (AvgIpc) is 3.31. The van der Waals surface area contributed by atoms with Gasteiger partial charge in [0.15, 0.2) is 11.5 Å². The molecule has 2 unspecified atom stereocenters. The summed E-state index contributed by atoms with van der Waals surface area (Å²) in [6.07, 6.45) is 8.85. The van der Waals surface area contributed by atoms with Gasteiger partial charge in [0, 0.05) is 25.0 Å². The monoisotopic (exact) mass is 640 g/mol. The Labute approximate surface area is 274 Å². The standard InChI is InChI=1S/C36H40N4O7/c1-23-11-7-8-13-28(23)37-35(44)38-29-16-15-26(20-32(29)46-5)36(3,39-24(2)41)27-12-9-10-18-40(22-27)30(21-34(42)43)25-14-17-31(45-4)33(19-25)47-6/h7-20,22,30H,21H2,1-6H3,(H,39,41)(H,42,43)(H2,37,38,44). The first-order valence-corrected chi connectivity index (χ1v) is 14.9. The van der Waals surface area contributed by atoms with Gasteiger partial charge < -0.3 is 40.2 Å². The van der Waals surface area contributed by atoms with Crippen molar-refractivity contribution in [1.82, 2.24) is 10.2 Å². The Morgan fingerprint density at radius 1 is 0.872 bits per heavy atom. The number of hydrogen-bond donors (Lipinski definition) is 4. The first-order chi connectivity index (χ1) is 22.5. The second-order valence-corrected chi connectivity index (χ2v) is 11.1. The largest absolute Gasteiger partial charge is 0.495 e. The number of benzene rings is 3. The number of nitrogens with one attached hydrogen (secondary N) is 3. The van der Waals surface area contributed by atoms with E-state index in [0.717, 1.165) is 5.56 Å². The van der Waals surface area contributed by atoms with Crippen molar-refractivity contribution < 1.29 is 33.7 Å². The van der Waals surface area contributed by atoms with Crippen LogP contribution in [0.3, 0.4) is 0 Å². The van der Waals surface area contributed by atoms with E-state index in [-0.39, 0.29) is 12.3 Å². The fourth-order valence-corrected chi connectivity index (χ4v) is 5.42. The maximum absolute atomic E-state index is 12.9. The number of amides is 3. The molecule has 0 fully saturated rings. The molecule has 47 heavy (non-hydrogen) atoms. The number of carboxylic acids is 1. The van der Waals surface area contributed by atoms with Gasteiger partial charge in [-0.1, -0.05) is 42.5 Å². The SMILES string of the molecule is COc1cc(C(C)(NC(C)=O)C2=CN(C(CC(=O)O)c3ccc(OC)c(OC)c3)C=CC=C2)ccc1NC(=O)Nc1ccccc1C. The molecule has 0 saturated carbocycles. The molecular formula is C36H40N4O7. The molecule has 2 atom stereocenters. The minimum atomic E-state index is -1.10. The molecule has 0 spiro atoms. The lowest BCUT2D eigenvalue weighted by Gasteiger charge is -2.35. The molecule has 4 N–H and O–H groups in total. The highest BCUT2D eigenvalue weighted by Gasteiger charge is 2.34. The van der Waals surface area contributed by atoms with E-state index in [4.69, 9.17) is 14.2 Å². The summed E-state index contributed by atoms with van der Waals surface area (Å²) in [5, 5.41) is 18.6. The average molecular weight is 641 g/mol. The number of ether oxygens (including phenoxy) is 3. The van der Waals surface area contributed by atoms with Crippen LogP contribution in [0.2, 0.25) is 0 Å². The number of aliphatic carboxylic acids is 1. The summed E-state index contributed by atoms with van der Waals surface area (Å²) in [5.41, 5.74) is 2.93. The number of aryl methyl sites for hydroxylation is 1. The highest BCUT2D eigenvalue weighted by atomic mass is 16.5. The first kappa shape index (κ1) is 34.2. The molecule has 1 heterocycles. The van der Waals surface area contributed by atoms with Crippen LogP contribution >= 0.6 is 0 Å². The number of anilines is 2. The molecule has 4 rings (SSSR count). The third-order valence-corrected chi connectivity index (χ3v) is 7.88. The molecule has 0 aliphatic carbocycles. The Balaban J connectivity index is 1.73. The van der Waals surface area contributed by atoms with Crippen LogP contribution < -0.4 is 30.2 Å². The van der Waals surface area contributed by atoms with Gasteiger partial charge >= 0.3 is 12.0 Å². The van der Waals surface area contributed by atoms with Crippen LogP contribution in [0.15, 0.2) is 96.9 Å². The van der Waals surface area contributed by atoms with Gasteiger partial charge in [-0.2, -0.15) is 0 Å². The van der Waals surface area contributed by atoms with Crippen molar-refractivity contribution in [3.05, 3.63) is 114 Å². The number of urea groups is 1. The Morgan fingerprint density at radius 2 is 1.57 bits per heavy atom. The van der Waals surface area contributed by atoms with Crippen molar-refractivity contribution in [1.29, 1.82) is 0 Å². The summed E-state index contributed by atoms with van der Waals surface area (Å²) in [5.74, 6) is 0.0900. The predicted octanol–water partition coefficient (Wildman–Crippen LogP) is 6.50. The number of hydrogen-bond acceptors (Lipinski definition) is 7. The van der Waals surface area contributed by atoms with Crippen LogP contribution in [0.5, 0.6) is 17.2 Å². The van der Waals surface area contributed by atoms with E-state index in [9.17, 15) is 19.5 Å². The first-order valence-electron chi connectivity index (χ1n) is 14.9. The van der Waals surface area contributed by atoms with E-state index in [2.05, 4.69) is 16.0 Å². The minimum Gasteiger partial charge on any atom is -0.495 e. The van der Waals surface area contributed by atoms with Crippen LogP contribution in [-0.2, 0) is 15.1 Å². The second-order valence-electron chi connectivity index (χ2n) is 11.1. The third-order valence-electron chi connectivity index (χ3n) is 7.88. The Morgan fingerprint density at radius 3 is 2.23 bits per heavy atom. The van der Waals surface area contributed by atoms with Gasteiger partial charge in [0.1, 0.15) is 5.75 Å². The van der Waals surface area contributed by atoms with Crippen molar-refractivity contribution in [2.45, 2.75) is 38.8 Å². The van der Waals surface area contributed by atoms with E-state index >= 15 is 0 Å². The van der Waals surface area contributed by atoms with Gasteiger partial charge in [0.2, 0.25) is 5.91 Å². The smallest absolute Gasteiger partial charge is 0.323 e. The van der Waals surface area contributed by atoms with Crippen LogP contribution in [0.25, 0.3) is 0 Å². The van der Waals surface area contributed by atoms with Crippen molar-refractivity contribution in [2.24, 2.45) is 0 Å². The molecule has 0 radical (unpaired) electrons. The van der Waals surface area contributed by atoms with Crippen LogP contribution in [0.4, 0.5) is 16.2 Å². The minimum absolute atomic E-state index is 0.223. The van der Waals surface area contributed by atoms with Crippen molar-refractivity contribution in [2.75, 3.05) is 32.0 Å². The zero-order valence-electron chi connectivity index (χ0n) is 27.3. The topological polar surface area (TPSA) is 138 Å². The maximum atomic E-state index is 12.9. The number of methoxy groups -OCH3 is 3. The highest BCUT2D eigenvalue weighted by molar-refractivity contribution is 6.01. The van der Waals surface area contributed by atoms with E-state index in [1.807, 2.05) is 56.5 Å². The van der Waals surface area contributed by atoms with Crippen molar-refractivity contribution >= 4 is 29.3 Å². The maximum Gasteiger partial charge on any atom is 0.323 e. The number of rotatable bonds is 12. The van der Waals surface area contributed by atoms with Gasteiger partial charge in [-0.3, -0.25) is 9.59 Å². The van der Waals surface area contributed by atoms with E-state index in [1.165, 1.54) is 28.3 Å². The molecule has 11 heteroatoms.